The fourth-order valence-electron chi connectivity index (χ4n) is 2.74. The molecule has 7 heteroatoms. The van der Waals surface area contributed by atoms with Gasteiger partial charge in [0.15, 0.2) is 0 Å². The SMILES string of the molecule is COc1ccc(NC(=O)c2cnc(Nc3c(C)cccc3C)cn2)c(OC)c1. The highest BCUT2D eigenvalue weighted by molar-refractivity contribution is 6.03. The van der Waals surface area contributed by atoms with Crippen molar-refractivity contribution >= 4 is 23.1 Å². The van der Waals surface area contributed by atoms with Crippen molar-refractivity contribution in [1.82, 2.24) is 9.97 Å². The van der Waals surface area contributed by atoms with Crippen LogP contribution in [-0.2, 0) is 0 Å². The Morgan fingerprint density at radius 3 is 2.32 bits per heavy atom. The Bertz CT molecular complexity index is 967. The van der Waals surface area contributed by atoms with Gasteiger partial charge < -0.3 is 20.1 Å². The molecule has 0 aliphatic carbocycles. The second kappa shape index (κ2) is 8.39. The lowest BCUT2D eigenvalue weighted by Crippen LogP contribution is -2.15. The van der Waals surface area contributed by atoms with Gasteiger partial charge in [0.05, 0.1) is 32.3 Å². The molecule has 0 saturated heterocycles. The minimum atomic E-state index is -0.380. The van der Waals surface area contributed by atoms with Crippen LogP contribution in [-0.4, -0.2) is 30.1 Å². The second-order valence-electron chi connectivity index (χ2n) is 6.20. The number of hydrogen-bond donors (Lipinski definition) is 2. The first-order chi connectivity index (χ1) is 13.5. The van der Waals surface area contributed by atoms with Crippen LogP contribution in [0, 0.1) is 13.8 Å². The number of methoxy groups -OCH3 is 2. The first kappa shape index (κ1) is 19.2. The summed E-state index contributed by atoms with van der Waals surface area (Å²) in [6.45, 7) is 4.04. The molecule has 28 heavy (non-hydrogen) atoms. The molecule has 144 valence electrons. The smallest absolute Gasteiger partial charge is 0.275 e. The number of aromatic nitrogens is 2. The van der Waals surface area contributed by atoms with Crippen LogP contribution in [0.15, 0.2) is 48.8 Å². The molecule has 1 heterocycles. The van der Waals surface area contributed by atoms with E-state index in [9.17, 15) is 4.79 Å². The Morgan fingerprint density at radius 1 is 0.964 bits per heavy atom. The fourth-order valence-corrected chi connectivity index (χ4v) is 2.74. The van der Waals surface area contributed by atoms with Gasteiger partial charge in [0.2, 0.25) is 0 Å². The largest absolute Gasteiger partial charge is 0.497 e. The molecule has 1 amide bonds. The van der Waals surface area contributed by atoms with E-state index in [0.717, 1.165) is 16.8 Å². The molecule has 3 aromatic rings. The van der Waals surface area contributed by atoms with Crippen molar-refractivity contribution in [2.24, 2.45) is 0 Å². The lowest BCUT2D eigenvalue weighted by molar-refractivity contribution is 0.102. The van der Waals surface area contributed by atoms with E-state index in [0.29, 0.717) is 23.0 Å². The number of carbonyl (C=O) groups excluding carboxylic acids is 1. The first-order valence-electron chi connectivity index (χ1n) is 8.70. The lowest BCUT2D eigenvalue weighted by Gasteiger charge is -2.13. The molecule has 0 radical (unpaired) electrons. The lowest BCUT2D eigenvalue weighted by atomic mass is 10.1. The molecule has 2 N–H and O–H groups in total. The van der Waals surface area contributed by atoms with Crippen molar-refractivity contribution in [3.63, 3.8) is 0 Å². The van der Waals surface area contributed by atoms with Crippen LogP contribution < -0.4 is 20.1 Å². The standard InChI is InChI=1S/C21H22N4O3/c1-13-6-5-7-14(2)20(13)25-19-12-22-17(11-23-19)21(26)24-16-9-8-15(27-3)10-18(16)28-4/h5-12H,1-4H3,(H,23,25)(H,24,26). The summed E-state index contributed by atoms with van der Waals surface area (Å²) in [4.78, 5) is 21.0. The number of carbonyl (C=O) groups is 1. The summed E-state index contributed by atoms with van der Waals surface area (Å²) in [6.07, 6.45) is 2.97. The molecular weight excluding hydrogens is 356 g/mol. The van der Waals surface area contributed by atoms with Gasteiger partial charge in [-0.2, -0.15) is 0 Å². The molecule has 0 aliphatic rings. The molecule has 7 nitrogen and oxygen atoms in total. The van der Waals surface area contributed by atoms with Gasteiger partial charge in [0.1, 0.15) is 23.0 Å². The average molecular weight is 378 g/mol. The maximum Gasteiger partial charge on any atom is 0.275 e. The summed E-state index contributed by atoms with van der Waals surface area (Å²) in [5, 5.41) is 6.02. The highest BCUT2D eigenvalue weighted by Gasteiger charge is 2.13. The molecule has 0 atom stereocenters. The quantitative estimate of drug-likeness (QED) is 0.671. The Morgan fingerprint density at radius 2 is 1.71 bits per heavy atom. The predicted molar refractivity (Wildman–Crippen MR) is 109 cm³/mol. The number of nitrogens with one attached hydrogen (secondary N) is 2. The molecule has 0 aliphatic heterocycles. The zero-order valence-electron chi connectivity index (χ0n) is 16.2. The van der Waals surface area contributed by atoms with Gasteiger partial charge in [-0.15, -0.1) is 0 Å². The minimum Gasteiger partial charge on any atom is -0.497 e. The Balaban J connectivity index is 1.74. The van der Waals surface area contributed by atoms with Crippen molar-refractivity contribution in [3.8, 4) is 11.5 Å². The Kier molecular flexibility index (Phi) is 5.74. The predicted octanol–water partition coefficient (Wildman–Crippen LogP) is 4.11. The van der Waals surface area contributed by atoms with Gasteiger partial charge >= 0.3 is 0 Å². The summed E-state index contributed by atoms with van der Waals surface area (Å²) in [5.74, 6) is 1.32. The molecule has 3 rings (SSSR count). The second-order valence-corrected chi connectivity index (χ2v) is 6.20. The Hall–Kier alpha value is -3.61. The zero-order valence-corrected chi connectivity index (χ0v) is 16.2. The van der Waals surface area contributed by atoms with E-state index >= 15 is 0 Å². The average Bonchev–Trinajstić information content (AvgIpc) is 2.71. The van der Waals surface area contributed by atoms with Crippen LogP contribution in [0.25, 0.3) is 0 Å². The number of ether oxygens (including phenoxy) is 2. The van der Waals surface area contributed by atoms with Crippen LogP contribution in [0.1, 0.15) is 21.6 Å². The number of hydrogen-bond acceptors (Lipinski definition) is 6. The number of rotatable bonds is 6. The van der Waals surface area contributed by atoms with Gasteiger partial charge in [-0.1, -0.05) is 18.2 Å². The van der Waals surface area contributed by atoms with E-state index in [1.165, 1.54) is 19.5 Å². The number of para-hydroxylation sites is 1. The molecule has 2 aromatic carbocycles. The van der Waals surface area contributed by atoms with Gasteiger partial charge in [0.25, 0.3) is 5.91 Å². The van der Waals surface area contributed by atoms with Crippen molar-refractivity contribution in [2.45, 2.75) is 13.8 Å². The third-order valence-electron chi connectivity index (χ3n) is 4.28. The molecular formula is C21H22N4O3. The highest BCUT2D eigenvalue weighted by atomic mass is 16.5. The molecule has 1 aromatic heterocycles. The number of amides is 1. The van der Waals surface area contributed by atoms with Gasteiger partial charge in [-0.25, -0.2) is 9.97 Å². The van der Waals surface area contributed by atoms with Gasteiger partial charge in [0, 0.05) is 11.8 Å². The summed E-state index contributed by atoms with van der Waals surface area (Å²) in [5.41, 5.74) is 3.92. The first-order valence-corrected chi connectivity index (χ1v) is 8.70. The van der Waals surface area contributed by atoms with Crippen LogP contribution in [0.4, 0.5) is 17.2 Å². The number of anilines is 3. The third-order valence-corrected chi connectivity index (χ3v) is 4.28. The maximum atomic E-state index is 12.5. The van der Waals surface area contributed by atoms with E-state index < -0.39 is 0 Å². The van der Waals surface area contributed by atoms with E-state index in [2.05, 4.69) is 20.6 Å². The van der Waals surface area contributed by atoms with Crippen molar-refractivity contribution < 1.29 is 14.3 Å². The van der Waals surface area contributed by atoms with Crippen molar-refractivity contribution in [1.29, 1.82) is 0 Å². The zero-order chi connectivity index (χ0) is 20.1. The molecule has 0 unspecified atom stereocenters. The Labute approximate surface area is 163 Å². The molecule has 0 saturated carbocycles. The summed E-state index contributed by atoms with van der Waals surface area (Å²) < 4.78 is 10.4. The van der Waals surface area contributed by atoms with E-state index in [4.69, 9.17) is 9.47 Å². The molecule has 0 fully saturated rings. The van der Waals surface area contributed by atoms with E-state index in [1.54, 1.807) is 25.3 Å². The van der Waals surface area contributed by atoms with E-state index in [-0.39, 0.29) is 11.6 Å². The summed E-state index contributed by atoms with van der Waals surface area (Å²) >= 11 is 0. The topological polar surface area (TPSA) is 85.4 Å². The van der Waals surface area contributed by atoms with Gasteiger partial charge in [-0.05, 0) is 37.1 Å². The number of aryl methyl sites for hydroxylation is 2. The normalized spacial score (nSPS) is 10.3. The molecule has 0 bridgehead atoms. The van der Waals surface area contributed by atoms with Crippen LogP contribution in [0.3, 0.4) is 0 Å². The van der Waals surface area contributed by atoms with Crippen LogP contribution in [0.2, 0.25) is 0 Å². The highest BCUT2D eigenvalue weighted by Crippen LogP contribution is 2.29. The van der Waals surface area contributed by atoms with Crippen LogP contribution in [0.5, 0.6) is 11.5 Å². The van der Waals surface area contributed by atoms with Gasteiger partial charge in [-0.3, -0.25) is 4.79 Å². The minimum absolute atomic E-state index is 0.199. The van der Waals surface area contributed by atoms with Crippen LogP contribution >= 0.6 is 0 Å². The van der Waals surface area contributed by atoms with Crippen molar-refractivity contribution in [3.05, 3.63) is 65.6 Å². The molecule has 0 spiro atoms. The number of benzene rings is 2. The number of nitrogens with zero attached hydrogens (tertiary/aromatic N) is 2. The monoisotopic (exact) mass is 378 g/mol. The summed E-state index contributed by atoms with van der Waals surface area (Å²) in [7, 11) is 3.09. The van der Waals surface area contributed by atoms with E-state index in [1.807, 2.05) is 32.0 Å². The fraction of sp³-hybridized carbons (Fsp3) is 0.190. The summed E-state index contributed by atoms with van der Waals surface area (Å²) in [6, 6.07) is 11.2. The van der Waals surface area contributed by atoms with Crippen molar-refractivity contribution in [2.75, 3.05) is 24.9 Å². The third kappa shape index (κ3) is 4.20. The maximum absolute atomic E-state index is 12.5.